The van der Waals surface area contributed by atoms with Crippen molar-refractivity contribution in [1.82, 2.24) is 4.31 Å². The van der Waals surface area contributed by atoms with Crippen molar-refractivity contribution in [3.63, 3.8) is 0 Å². The third kappa shape index (κ3) is 4.44. The van der Waals surface area contributed by atoms with E-state index in [4.69, 9.17) is 0 Å². The van der Waals surface area contributed by atoms with Gasteiger partial charge in [-0.15, -0.1) is 0 Å². The third-order valence-electron chi connectivity index (χ3n) is 5.57. The zero-order chi connectivity index (χ0) is 20.3. The number of allylic oxidation sites excluding steroid dienone is 2. The molecule has 0 saturated carbocycles. The number of anilines is 1. The van der Waals surface area contributed by atoms with Gasteiger partial charge in [0.2, 0.25) is 15.9 Å². The first-order chi connectivity index (χ1) is 13.3. The Kier molecular flexibility index (Phi) is 6.20. The molecule has 0 spiro atoms. The smallest absolute Gasteiger partial charge is 0.243 e. The van der Waals surface area contributed by atoms with E-state index in [-0.39, 0.29) is 11.3 Å². The van der Waals surface area contributed by atoms with Crippen LogP contribution in [0.25, 0.3) is 0 Å². The maximum Gasteiger partial charge on any atom is 0.243 e. The van der Waals surface area contributed by atoms with Crippen molar-refractivity contribution < 1.29 is 23.1 Å². The Morgan fingerprint density at radius 2 is 1.61 bits per heavy atom. The van der Waals surface area contributed by atoms with Crippen molar-refractivity contribution in [3.05, 3.63) is 36.4 Å². The van der Waals surface area contributed by atoms with Crippen LogP contribution < -0.4 is 10.4 Å². The number of piperidine rings is 1. The molecule has 1 N–H and O–H groups in total. The SMILES string of the molecule is CC1CCN(S(=O)(=O)c2ccc(NC(=O)[C@H]3CC=CC[C@H]3C(=O)[O-])cc2)CC1. The summed E-state index contributed by atoms with van der Waals surface area (Å²) in [5.74, 6) is -2.66. The van der Waals surface area contributed by atoms with E-state index in [1.165, 1.54) is 28.6 Å². The molecule has 0 radical (unpaired) electrons. The molecule has 8 heteroatoms. The van der Waals surface area contributed by atoms with Gasteiger partial charge in [-0.1, -0.05) is 19.1 Å². The number of carboxylic acids is 1. The Balaban J connectivity index is 1.68. The Labute approximate surface area is 165 Å². The lowest BCUT2D eigenvalue weighted by Crippen LogP contribution is -2.41. The first kappa shape index (κ1) is 20.5. The molecule has 28 heavy (non-hydrogen) atoms. The van der Waals surface area contributed by atoms with Crippen LogP contribution in [0.5, 0.6) is 0 Å². The molecule has 1 saturated heterocycles. The molecular formula is C20H25N2O5S-. The number of benzene rings is 1. The highest BCUT2D eigenvalue weighted by Crippen LogP contribution is 2.28. The number of carbonyl (C=O) groups is 2. The second-order valence-corrected chi connectivity index (χ2v) is 9.51. The van der Waals surface area contributed by atoms with Crippen LogP contribution in [-0.2, 0) is 19.6 Å². The number of sulfonamides is 1. The Morgan fingerprint density at radius 1 is 1.04 bits per heavy atom. The van der Waals surface area contributed by atoms with E-state index in [0.29, 0.717) is 31.1 Å². The van der Waals surface area contributed by atoms with Gasteiger partial charge in [0, 0.05) is 30.7 Å². The van der Waals surface area contributed by atoms with Gasteiger partial charge in [0.25, 0.3) is 0 Å². The Morgan fingerprint density at radius 3 is 2.18 bits per heavy atom. The van der Waals surface area contributed by atoms with Crippen LogP contribution in [0.1, 0.15) is 32.6 Å². The maximum absolute atomic E-state index is 12.8. The van der Waals surface area contributed by atoms with Gasteiger partial charge >= 0.3 is 0 Å². The molecule has 1 heterocycles. The fraction of sp³-hybridized carbons (Fsp3) is 0.500. The predicted molar refractivity (Wildman–Crippen MR) is 103 cm³/mol. The number of hydrogen-bond donors (Lipinski definition) is 1. The van der Waals surface area contributed by atoms with Crippen LogP contribution in [0.2, 0.25) is 0 Å². The minimum Gasteiger partial charge on any atom is -0.550 e. The second-order valence-electron chi connectivity index (χ2n) is 7.58. The first-order valence-corrected chi connectivity index (χ1v) is 11.0. The monoisotopic (exact) mass is 405 g/mol. The van der Waals surface area contributed by atoms with Gasteiger partial charge in [-0.05, 0) is 55.9 Å². The molecule has 0 unspecified atom stereocenters. The van der Waals surface area contributed by atoms with Gasteiger partial charge in [-0.3, -0.25) is 4.79 Å². The van der Waals surface area contributed by atoms with E-state index < -0.39 is 33.7 Å². The van der Waals surface area contributed by atoms with Crippen LogP contribution in [-0.4, -0.2) is 37.7 Å². The summed E-state index contributed by atoms with van der Waals surface area (Å²) < 4.78 is 27.0. The normalized spacial score (nSPS) is 24.0. The predicted octanol–water partition coefficient (Wildman–Crippen LogP) is 1.38. The van der Waals surface area contributed by atoms with Crippen molar-refractivity contribution in [3.8, 4) is 0 Å². The number of rotatable bonds is 5. The Hall–Kier alpha value is -2.19. The highest BCUT2D eigenvalue weighted by atomic mass is 32.2. The zero-order valence-electron chi connectivity index (χ0n) is 15.8. The fourth-order valence-corrected chi connectivity index (χ4v) is 5.15. The molecule has 152 valence electrons. The molecule has 1 aromatic carbocycles. The summed E-state index contributed by atoms with van der Waals surface area (Å²) in [5.41, 5.74) is 0.433. The minimum atomic E-state index is -3.55. The number of carboxylic acid groups (broad SMARTS) is 1. The summed E-state index contributed by atoms with van der Waals surface area (Å²) in [5, 5.41) is 13.9. The van der Waals surface area contributed by atoms with Gasteiger partial charge in [0.1, 0.15) is 0 Å². The number of amides is 1. The van der Waals surface area contributed by atoms with Gasteiger partial charge in [0.05, 0.1) is 10.8 Å². The molecule has 1 aliphatic carbocycles. The maximum atomic E-state index is 12.8. The van der Waals surface area contributed by atoms with Crippen LogP contribution in [0, 0.1) is 17.8 Å². The summed E-state index contributed by atoms with van der Waals surface area (Å²) in [7, 11) is -3.55. The average Bonchev–Trinajstić information content (AvgIpc) is 2.68. The number of hydrogen-bond acceptors (Lipinski definition) is 5. The topological polar surface area (TPSA) is 107 Å². The van der Waals surface area contributed by atoms with Crippen molar-refractivity contribution in [2.75, 3.05) is 18.4 Å². The molecule has 2 aliphatic rings. The average molecular weight is 405 g/mol. The third-order valence-corrected chi connectivity index (χ3v) is 7.49. The first-order valence-electron chi connectivity index (χ1n) is 9.56. The molecule has 1 aliphatic heterocycles. The van der Waals surface area contributed by atoms with Crippen LogP contribution >= 0.6 is 0 Å². The minimum absolute atomic E-state index is 0.188. The lowest BCUT2D eigenvalue weighted by atomic mass is 9.82. The van der Waals surface area contributed by atoms with E-state index in [9.17, 15) is 23.1 Å². The van der Waals surface area contributed by atoms with E-state index >= 15 is 0 Å². The van der Waals surface area contributed by atoms with Crippen molar-refractivity contribution >= 4 is 27.6 Å². The summed E-state index contributed by atoms with van der Waals surface area (Å²) in [6.07, 6.45) is 5.84. The summed E-state index contributed by atoms with van der Waals surface area (Å²) >= 11 is 0. The van der Waals surface area contributed by atoms with E-state index in [1.807, 2.05) is 0 Å². The molecular weight excluding hydrogens is 380 g/mol. The number of carbonyl (C=O) groups excluding carboxylic acids is 2. The van der Waals surface area contributed by atoms with Crippen molar-refractivity contribution in [2.24, 2.45) is 17.8 Å². The van der Waals surface area contributed by atoms with E-state index in [2.05, 4.69) is 12.2 Å². The number of aliphatic carboxylic acids is 1. The van der Waals surface area contributed by atoms with Crippen LogP contribution in [0.15, 0.2) is 41.3 Å². The molecule has 3 rings (SSSR count). The van der Waals surface area contributed by atoms with Crippen molar-refractivity contribution in [2.45, 2.75) is 37.5 Å². The molecule has 1 aromatic rings. The van der Waals surface area contributed by atoms with Gasteiger partial charge in [-0.25, -0.2) is 8.42 Å². The van der Waals surface area contributed by atoms with Gasteiger partial charge in [0.15, 0.2) is 0 Å². The van der Waals surface area contributed by atoms with Crippen molar-refractivity contribution in [1.29, 1.82) is 0 Å². The van der Waals surface area contributed by atoms with Gasteiger partial charge in [-0.2, -0.15) is 4.31 Å². The molecule has 7 nitrogen and oxygen atoms in total. The van der Waals surface area contributed by atoms with E-state index in [0.717, 1.165) is 12.8 Å². The summed E-state index contributed by atoms with van der Waals surface area (Å²) in [6, 6.07) is 6.01. The lowest BCUT2D eigenvalue weighted by molar-refractivity contribution is -0.313. The van der Waals surface area contributed by atoms with Gasteiger partial charge < -0.3 is 15.2 Å². The fourth-order valence-electron chi connectivity index (χ4n) is 3.68. The molecule has 0 aromatic heterocycles. The zero-order valence-corrected chi connectivity index (χ0v) is 16.7. The number of nitrogens with one attached hydrogen (secondary N) is 1. The highest BCUT2D eigenvalue weighted by molar-refractivity contribution is 7.89. The quantitative estimate of drug-likeness (QED) is 0.745. The summed E-state index contributed by atoms with van der Waals surface area (Å²) in [6.45, 7) is 3.15. The molecule has 2 atom stereocenters. The molecule has 0 bridgehead atoms. The van der Waals surface area contributed by atoms with E-state index in [1.54, 1.807) is 12.2 Å². The highest BCUT2D eigenvalue weighted by Gasteiger charge is 2.30. The number of nitrogens with zero attached hydrogens (tertiary/aromatic N) is 1. The Bertz CT molecular complexity index is 855. The lowest BCUT2D eigenvalue weighted by Gasteiger charge is -2.29. The largest absolute Gasteiger partial charge is 0.550 e. The van der Waals surface area contributed by atoms with Crippen LogP contribution in [0.4, 0.5) is 5.69 Å². The standard InChI is InChI=1S/C20H26N2O5S/c1-14-10-12-22(13-11-14)28(26,27)16-8-6-15(7-9-16)21-19(23)17-4-2-3-5-18(17)20(24)25/h2-3,6-9,14,17-18H,4-5,10-13H2,1H3,(H,21,23)(H,24,25)/p-1/t17-,18+/m0/s1. The molecule has 1 fully saturated rings. The molecule has 1 amide bonds. The second kappa shape index (κ2) is 8.45. The van der Waals surface area contributed by atoms with Crippen LogP contribution in [0.3, 0.4) is 0 Å². The summed E-state index contributed by atoms with van der Waals surface area (Å²) in [4.78, 5) is 23.9.